The van der Waals surface area contributed by atoms with Crippen molar-refractivity contribution in [3.63, 3.8) is 0 Å². The molecule has 0 spiro atoms. The van der Waals surface area contributed by atoms with E-state index in [-0.39, 0.29) is 69.5 Å². The van der Waals surface area contributed by atoms with E-state index in [2.05, 4.69) is 10.5 Å². The Bertz CT molecular complexity index is 1190. The highest BCUT2D eigenvalue weighted by atomic mass is 19.3. The van der Waals surface area contributed by atoms with Gasteiger partial charge in [-0.3, -0.25) is 4.79 Å². The first kappa shape index (κ1) is 24.0. The summed E-state index contributed by atoms with van der Waals surface area (Å²) in [5, 5.41) is 4.20. The summed E-state index contributed by atoms with van der Waals surface area (Å²) < 4.78 is 47.3. The first-order valence-electron chi connectivity index (χ1n) is 11.9. The second-order valence-electron chi connectivity index (χ2n) is 9.06. The van der Waals surface area contributed by atoms with Crippen LogP contribution in [-0.4, -0.2) is 77.7 Å². The molecule has 0 atom stereocenters. The van der Waals surface area contributed by atoms with Crippen molar-refractivity contribution in [3.8, 4) is 5.75 Å². The number of piperidine rings is 1. The Hall–Kier alpha value is -3.76. The van der Waals surface area contributed by atoms with Crippen molar-refractivity contribution in [2.75, 3.05) is 39.3 Å². The smallest absolute Gasteiger partial charge is 0.320 e. The molecule has 190 valence electrons. The summed E-state index contributed by atoms with van der Waals surface area (Å²) in [5.74, 6) is -3.32. The summed E-state index contributed by atoms with van der Waals surface area (Å²) in [7, 11) is 0. The van der Waals surface area contributed by atoms with E-state index >= 15 is 0 Å². The normalized spacial score (nSPS) is 19.2. The molecule has 0 aromatic heterocycles. The molecule has 3 aliphatic rings. The van der Waals surface area contributed by atoms with Crippen LogP contribution in [0.5, 0.6) is 5.75 Å². The second-order valence-corrected chi connectivity index (χ2v) is 9.06. The van der Waals surface area contributed by atoms with E-state index in [4.69, 9.17) is 4.74 Å². The lowest BCUT2D eigenvalue weighted by Crippen LogP contribution is -2.55. The zero-order chi connectivity index (χ0) is 25.3. The van der Waals surface area contributed by atoms with Crippen molar-refractivity contribution in [2.24, 2.45) is 5.10 Å². The fraction of sp³-hybridized carbons (Fsp3) is 0.400. The number of fused-ring (bicyclic) bond motifs is 1. The zero-order valence-electron chi connectivity index (χ0n) is 19.6. The van der Waals surface area contributed by atoms with Gasteiger partial charge in [-0.2, -0.15) is 0 Å². The first-order valence-corrected chi connectivity index (χ1v) is 11.9. The van der Waals surface area contributed by atoms with Gasteiger partial charge in [-0.1, -0.05) is 18.2 Å². The van der Waals surface area contributed by atoms with Gasteiger partial charge in [-0.25, -0.2) is 18.0 Å². The molecule has 0 radical (unpaired) electrons. The predicted octanol–water partition coefficient (Wildman–Crippen LogP) is 3.28. The molecular weight excluding hydrogens is 475 g/mol. The number of alkyl halides is 2. The molecule has 36 heavy (non-hydrogen) atoms. The Kier molecular flexibility index (Phi) is 6.46. The van der Waals surface area contributed by atoms with Gasteiger partial charge >= 0.3 is 6.03 Å². The summed E-state index contributed by atoms with van der Waals surface area (Å²) in [6.45, 7) is 1.49. The van der Waals surface area contributed by atoms with Crippen LogP contribution < -0.4 is 10.2 Å². The maximum atomic E-state index is 14.6. The topological polar surface area (TPSA) is 77.5 Å². The van der Waals surface area contributed by atoms with Gasteiger partial charge in [0.05, 0.1) is 12.1 Å². The molecule has 3 amide bonds. The van der Waals surface area contributed by atoms with Crippen molar-refractivity contribution in [3.05, 3.63) is 65.0 Å². The SMILES string of the molecule is O=C(c1cc(OC2=NNCc3ccccc32)ccc1F)N1CCN(C(=O)N2CCC(F)(F)CC2)CC1. The molecule has 0 saturated carbocycles. The minimum absolute atomic E-state index is 0.00820. The number of nitrogens with one attached hydrogen (secondary N) is 1. The lowest BCUT2D eigenvalue weighted by Gasteiger charge is -2.39. The van der Waals surface area contributed by atoms with E-state index < -0.39 is 17.6 Å². The fourth-order valence-electron chi connectivity index (χ4n) is 4.56. The van der Waals surface area contributed by atoms with E-state index in [1.807, 2.05) is 24.3 Å². The number of halogens is 3. The van der Waals surface area contributed by atoms with Gasteiger partial charge < -0.3 is 24.9 Å². The van der Waals surface area contributed by atoms with Crippen LogP contribution in [0.1, 0.15) is 34.3 Å². The van der Waals surface area contributed by atoms with Gasteiger partial charge in [-0.15, -0.1) is 5.10 Å². The highest BCUT2D eigenvalue weighted by Crippen LogP contribution is 2.28. The average Bonchev–Trinajstić information content (AvgIpc) is 2.89. The second kappa shape index (κ2) is 9.71. The van der Waals surface area contributed by atoms with E-state index in [1.54, 1.807) is 4.90 Å². The molecule has 0 bridgehead atoms. The number of carbonyl (C=O) groups is 2. The van der Waals surface area contributed by atoms with Crippen molar-refractivity contribution >= 4 is 17.8 Å². The van der Waals surface area contributed by atoms with Gasteiger partial charge in [-0.05, 0) is 29.8 Å². The number of hydrogen-bond donors (Lipinski definition) is 1. The third-order valence-electron chi connectivity index (χ3n) is 6.68. The standard InChI is InChI=1S/C25H26F3N5O3/c26-21-6-5-18(36-22-19-4-2-1-3-17(19)16-29-30-22)15-20(21)23(34)31-11-13-33(14-12-31)24(35)32-9-7-25(27,28)8-10-32/h1-6,15,29H,7-14,16H2. The first-order chi connectivity index (χ1) is 17.3. The van der Waals surface area contributed by atoms with Crippen LogP contribution in [0.15, 0.2) is 47.6 Å². The molecule has 1 N–H and O–H groups in total. The van der Waals surface area contributed by atoms with Gasteiger partial charge in [0.2, 0.25) is 5.90 Å². The third kappa shape index (κ3) is 4.95. The van der Waals surface area contributed by atoms with Gasteiger partial charge in [0.25, 0.3) is 11.8 Å². The summed E-state index contributed by atoms with van der Waals surface area (Å²) in [5.41, 5.74) is 4.58. The molecule has 3 heterocycles. The van der Waals surface area contributed by atoms with Crippen molar-refractivity contribution in [1.82, 2.24) is 20.1 Å². The number of benzene rings is 2. The maximum Gasteiger partial charge on any atom is 0.320 e. The quantitative estimate of drug-likeness (QED) is 0.686. The molecule has 8 nitrogen and oxygen atoms in total. The lowest BCUT2D eigenvalue weighted by atomic mass is 10.1. The van der Waals surface area contributed by atoms with E-state index in [9.17, 15) is 22.8 Å². The highest BCUT2D eigenvalue weighted by Gasteiger charge is 2.37. The van der Waals surface area contributed by atoms with E-state index in [0.29, 0.717) is 12.4 Å². The number of piperazine rings is 1. The summed E-state index contributed by atoms with van der Waals surface area (Å²) >= 11 is 0. The van der Waals surface area contributed by atoms with Crippen molar-refractivity contribution in [1.29, 1.82) is 0 Å². The van der Waals surface area contributed by atoms with Crippen molar-refractivity contribution < 1.29 is 27.5 Å². The van der Waals surface area contributed by atoms with E-state index in [0.717, 1.165) is 11.1 Å². The molecule has 2 saturated heterocycles. The molecule has 0 unspecified atom stereocenters. The molecule has 5 rings (SSSR count). The van der Waals surface area contributed by atoms with Crippen molar-refractivity contribution in [2.45, 2.75) is 25.3 Å². The van der Waals surface area contributed by atoms with Crippen LogP contribution >= 0.6 is 0 Å². The van der Waals surface area contributed by atoms with Crippen LogP contribution in [0.25, 0.3) is 0 Å². The number of ether oxygens (including phenoxy) is 1. The Labute approximate surface area is 206 Å². The zero-order valence-corrected chi connectivity index (χ0v) is 19.6. The summed E-state index contributed by atoms with van der Waals surface area (Å²) in [4.78, 5) is 30.3. The minimum Gasteiger partial charge on any atom is -0.437 e. The Morgan fingerprint density at radius 3 is 2.33 bits per heavy atom. The Balaban J connectivity index is 1.22. The number of likely N-dealkylation sites (tertiary alicyclic amines) is 1. The maximum absolute atomic E-state index is 14.6. The third-order valence-corrected chi connectivity index (χ3v) is 6.68. The Morgan fingerprint density at radius 2 is 1.58 bits per heavy atom. The Morgan fingerprint density at radius 1 is 0.917 bits per heavy atom. The highest BCUT2D eigenvalue weighted by molar-refractivity contribution is 5.98. The summed E-state index contributed by atoms with van der Waals surface area (Å²) in [6, 6.07) is 11.3. The van der Waals surface area contributed by atoms with Crippen LogP contribution in [-0.2, 0) is 6.54 Å². The van der Waals surface area contributed by atoms with Crippen LogP contribution in [0.4, 0.5) is 18.0 Å². The molecule has 2 aromatic rings. The largest absolute Gasteiger partial charge is 0.437 e. The molecule has 11 heteroatoms. The van der Waals surface area contributed by atoms with Gasteiger partial charge in [0, 0.05) is 57.7 Å². The molecule has 0 aliphatic carbocycles. The minimum atomic E-state index is -2.73. The average molecular weight is 502 g/mol. The molecule has 2 aromatic carbocycles. The molecular formula is C25H26F3N5O3. The number of hydrogen-bond acceptors (Lipinski definition) is 5. The molecule has 3 aliphatic heterocycles. The number of nitrogens with zero attached hydrogens (tertiary/aromatic N) is 4. The van der Waals surface area contributed by atoms with Gasteiger partial charge in [0.1, 0.15) is 11.6 Å². The van der Waals surface area contributed by atoms with Gasteiger partial charge in [0.15, 0.2) is 0 Å². The fourth-order valence-corrected chi connectivity index (χ4v) is 4.56. The number of hydrazone groups is 1. The number of rotatable bonds is 2. The summed E-state index contributed by atoms with van der Waals surface area (Å²) in [6.07, 6.45) is -0.689. The number of carbonyl (C=O) groups excluding carboxylic acids is 2. The lowest BCUT2D eigenvalue weighted by molar-refractivity contribution is -0.0497. The molecule has 2 fully saturated rings. The predicted molar refractivity (Wildman–Crippen MR) is 125 cm³/mol. The van der Waals surface area contributed by atoms with Crippen LogP contribution in [0.3, 0.4) is 0 Å². The van der Waals surface area contributed by atoms with E-state index in [1.165, 1.54) is 28.0 Å². The van der Waals surface area contributed by atoms with Crippen LogP contribution in [0, 0.1) is 5.82 Å². The number of amides is 3. The van der Waals surface area contributed by atoms with Crippen LogP contribution in [0.2, 0.25) is 0 Å². The number of urea groups is 1. The monoisotopic (exact) mass is 501 g/mol.